The summed E-state index contributed by atoms with van der Waals surface area (Å²) in [7, 11) is 0. The first-order valence-corrected chi connectivity index (χ1v) is 4.69. The summed E-state index contributed by atoms with van der Waals surface area (Å²) in [5.41, 5.74) is 2.38. The van der Waals surface area contributed by atoms with Crippen LogP contribution in [0, 0.1) is 0 Å². The zero-order chi connectivity index (χ0) is 11.3. The highest BCUT2D eigenvalue weighted by Crippen LogP contribution is 2.14. The summed E-state index contributed by atoms with van der Waals surface area (Å²) >= 11 is 0. The molecule has 0 saturated heterocycles. The van der Waals surface area contributed by atoms with E-state index in [1.807, 2.05) is 31.2 Å². The molecule has 0 spiro atoms. The number of nitrogens with zero attached hydrogens (tertiary/aromatic N) is 1. The topological polar surface area (TPSA) is 41.8 Å². The smallest absolute Gasteiger partial charge is 0.120 e. The summed E-state index contributed by atoms with van der Waals surface area (Å²) in [4.78, 5) is 0. The van der Waals surface area contributed by atoms with Gasteiger partial charge in [0.15, 0.2) is 0 Å². The Labute approximate surface area is 89.7 Å². The van der Waals surface area contributed by atoms with Gasteiger partial charge in [-0.1, -0.05) is 23.9 Å². The molecule has 1 aromatic rings. The highest BCUT2D eigenvalue weighted by atomic mass is 16.5. The minimum atomic E-state index is 0.499. The fourth-order valence-corrected chi connectivity index (χ4v) is 1.08. The van der Waals surface area contributed by atoms with Gasteiger partial charge >= 0.3 is 0 Å². The Bertz CT molecular complexity index is 383. The van der Waals surface area contributed by atoms with Crippen molar-refractivity contribution in [1.82, 2.24) is 0 Å². The number of oxime groups is 1. The number of rotatable bonds is 4. The van der Waals surface area contributed by atoms with E-state index >= 15 is 0 Å². The second kappa shape index (κ2) is 5.20. The first kappa shape index (κ1) is 11.3. The number of hydrogen-bond acceptors (Lipinski definition) is 3. The molecular formula is C12H15NO2. The number of ether oxygens (including phenoxy) is 1. The van der Waals surface area contributed by atoms with E-state index in [0.29, 0.717) is 12.3 Å². The van der Waals surface area contributed by atoms with Crippen LogP contribution in [0.25, 0.3) is 0 Å². The summed E-state index contributed by atoms with van der Waals surface area (Å²) in [5.74, 6) is 0.749. The standard InChI is InChI=1S/C12H15NO2/c1-9(2)8-15-12-6-4-5-11(7-12)10(3)13-14/h4-7,14H,1,8H2,2-3H3/b13-10+. The summed E-state index contributed by atoms with van der Waals surface area (Å²) in [6, 6.07) is 7.41. The van der Waals surface area contributed by atoms with Crippen LogP contribution in [0.2, 0.25) is 0 Å². The van der Waals surface area contributed by atoms with Gasteiger partial charge in [0, 0.05) is 5.56 Å². The first-order valence-electron chi connectivity index (χ1n) is 4.69. The minimum Gasteiger partial charge on any atom is -0.489 e. The van der Waals surface area contributed by atoms with Gasteiger partial charge in [0.1, 0.15) is 12.4 Å². The van der Waals surface area contributed by atoms with Gasteiger partial charge in [0.05, 0.1) is 5.71 Å². The molecule has 0 bridgehead atoms. The minimum absolute atomic E-state index is 0.499. The van der Waals surface area contributed by atoms with Crippen molar-refractivity contribution in [2.24, 2.45) is 5.16 Å². The van der Waals surface area contributed by atoms with E-state index in [1.54, 1.807) is 6.92 Å². The zero-order valence-electron chi connectivity index (χ0n) is 9.03. The molecule has 0 atom stereocenters. The van der Waals surface area contributed by atoms with Crippen LogP contribution in [0.5, 0.6) is 5.75 Å². The van der Waals surface area contributed by atoms with Crippen LogP contribution in [0.3, 0.4) is 0 Å². The molecule has 15 heavy (non-hydrogen) atoms. The molecule has 1 aromatic carbocycles. The largest absolute Gasteiger partial charge is 0.489 e. The molecule has 0 aromatic heterocycles. The number of benzene rings is 1. The average molecular weight is 205 g/mol. The lowest BCUT2D eigenvalue weighted by molar-refractivity contribution is 0.319. The molecule has 80 valence electrons. The SMILES string of the molecule is C=C(C)COc1cccc(/C(C)=N/O)c1. The second-order valence-electron chi connectivity index (χ2n) is 3.46. The van der Waals surface area contributed by atoms with Crippen LogP contribution in [-0.4, -0.2) is 17.5 Å². The van der Waals surface area contributed by atoms with Crippen LogP contribution >= 0.6 is 0 Å². The van der Waals surface area contributed by atoms with Crippen molar-refractivity contribution in [1.29, 1.82) is 0 Å². The zero-order valence-corrected chi connectivity index (χ0v) is 9.03. The molecule has 0 heterocycles. The van der Waals surface area contributed by atoms with E-state index in [4.69, 9.17) is 9.94 Å². The second-order valence-corrected chi connectivity index (χ2v) is 3.46. The molecule has 0 aliphatic carbocycles. The Morgan fingerprint density at radius 3 is 2.80 bits per heavy atom. The van der Waals surface area contributed by atoms with Crippen molar-refractivity contribution in [2.75, 3.05) is 6.61 Å². The van der Waals surface area contributed by atoms with Crippen LogP contribution in [0.4, 0.5) is 0 Å². The molecule has 1 N–H and O–H groups in total. The van der Waals surface area contributed by atoms with Crippen LogP contribution in [-0.2, 0) is 0 Å². The first-order chi connectivity index (χ1) is 7.13. The molecule has 0 aliphatic heterocycles. The van der Waals surface area contributed by atoms with Gasteiger partial charge in [-0.05, 0) is 31.6 Å². The normalized spacial score (nSPS) is 11.2. The quantitative estimate of drug-likeness (QED) is 0.355. The van der Waals surface area contributed by atoms with Gasteiger partial charge in [0.25, 0.3) is 0 Å². The van der Waals surface area contributed by atoms with Gasteiger partial charge < -0.3 is 9.94 Å². The van der Waals surface area contributed by atoms with Crippen LogP contribution < -0.4 is 4.74 Å². The Hall–Kier alpha value is -1.77. The highest BCUT2D eigenvalue weighted by Gasteiger charge is 2.00. The predicted molar refractivity (Wildman–Crippen MR) is 60.7 cm³/mol. The third-order valence-corrected chi connectivity index (χ3v) is 1.89. The van der Waals surface area contributed by atoms with E-state index in [2.05, 4.69) is 11.7 Å². The summed E-state index contributed by atoms with van der Waals surface area (Å²) in [6.45, 7) is 7.89. The lowest BCUT2D eigenvalue weighted by Crippen LogP contribution is -1.99. The molecule has 0 aliphatic rings. The van der Waals surface area contributed by atoms with Gasteiger partial charge in [0.2, 0.25) is 0 Å². The molecule has 0 amide bonds. The fourth-order valence-electron chi connectivity index (χ4n) is 1.08. The molecule has 3 heteroatoms. The van der Waals surface area contributed by atoms with Crippen molar-refractivity contribution < 1.29 is 9.94 Å². The Morgan fingerprint density at radius 1 is 1.47 bits per heavy atom. The van der Waals surface area contributed by atoms with Gasteiger partial charge in [-0.2, -0.15) is 0 Å². The lowest BCUT2D eigenvalue weighted by atomic mass is 10.1. The van der Waals surface area contributed by atoms with E-state index < -0.39 is 0 Å². The van der Waals surface area contributed by atoms with Crippen molar-refractivity contribution in [3.05, 3.63) is 42.0 Å². The van der Waals surface area contributed by atoms with E-state index in [-0.39, 0.29) is 0 Å². The lowest BCUT2D eigenvalue weighted by Gasteiger charge is -2.06. The van der Waals surface area contributed by atoms with Crippen molar-refractivity contribution >= 4 is 5.71 Å². The molecule has 0 radical (unpaired) electrons. The third-order valence-electron chi connectivity index (χ3n) is 1.89. The van der Waals surface area contributed by atoms with E-state index in [9.17, 15) is 0 Å². The summed E-state index contributed by atoms with van der Waals surface area (Å²) in [5, 5.41) is 11.8. The maximum atomic E-state index is 8.63. The maximum Gasteiger partial charge on any atom is 0.120 e. The molecular weight excluding hydrogens is 190 g/mol. The van der Waals surface area contributed by atoms with Crippen LogP contribution in [0.15, 0.2) is 41.6 Å². The predicted octanol–water partition coefficient (Wildman–Crippen LogP) is 2.84. The molecule has 0 saturated carbocycles. The van der Waals surface area contributed by atoms with Crippen molar-refractivity contribution in [3.8, 4) is 5.75 Å². The molecule has 0 unspecified atom stereocenters. The van der Waals surface area contributed by atoms with E-state index in [1.165, 1.54) is 0 Å². The maximum absolute atomic E-state index is 8.63. The summed E-state index contributed by atoms with van der Waals surface area (Å²) in [6.07, 6.45) is 0. The average Bonchev–Trinajstić information content (AvgIpc) is 2.25. The molecule has 1 rings (SSSR count). The van der Waals surface area contributed by atoms with Crippen molar-refractivity contribution in [2.45, 2.75) is 13.8 Å². The van der Waals surface area contributed by atoms with E-state index in [0.717, 1.165) is 16.9 Å². The van der Waals surface area contributed by atoms with Gasteiger partial charge in [-0.15, -0.1) is 0 Å². The van der Waals surface area contributed by atoms with Crippen LogP contribution in [0.1, 0.15) is 19.4 Å². The molecule has 3 nitrogen and oxygen atoms in total. The fraction of sp³-hybridized carbons (Fsp3) is 0.250. The monoisotopic (exact) mass is 205 g/mol. The number of hydrogen-bond donors (Lipinski definition) is 1. The van der Waals surface area contributed by atoms with Gasteiger partial charge in [-0.25, -0.2) is 0 Å². The Kier molecular flexibility index (Phi) is 3.92. The van der Waals surface area contributed by atoms with Crippen molar-refractivity contribution in [3.63, 3.8) is 0 Å². The third kappa shape index (κ3) is 3.46. The molecule has 0 fully saturated rings. The Morgan fingerprint density at radius 2 is 2.20 bits per heavy atom. The summed E-state index contributed by atoms with van der Waals surface area (Å²) < 4.78 is 5.47. The highest BCUT2D eigenvalue weighted by molar-refractivity contribution is 5.98. The Balaban J connectivity index is 2.79. The van der Waals surface area contributed by atoms with Gasteiger partial charge in [-0.3, -0.25) is 0 Å².